The summed E-state index contributed by atoms with van der Waals surface area (Å²) in [5.41, 5.74) is 0. The van der Waals surface area contributed by atoms with Crippen molar-refractivity contribution < 1.29 is 4.79 Å². The first kappa shape index (κ1) is 11.6. The number of halogens is 1. The molecule has 1 saturated carbocycles. The number of carbonyl (C=O) groups is 1. The van der Waals surface area contributed by atoms with Crippen LogP contribution in [0.2, 0.25) is 0 Å². The van der Waals surface area contributed by atoms with Gasteiger partial charge in [0, 0.05) is 12.6 Å². The number of hydrogen-bond donors (Lipinski definition) is 0. The molecule has 1 aliphatic rings. The van der Waals surface area contributed by atoms with E-state index in [4.69, 9.17) is 11.6 Å². The van der Waals surface area contributed by atoms with E-state index < -0.39 is 0 Å². The van der Waals surface area contributed by atoms with E-state index in [2.05, 4.69) is 6.58 Å². The second kappa shape index (κ2) is 6.07. The van der Waals surface area contributed by atoms with Gasteiger partial charge in [-0.1, -0.05) is 25.3 Å². The third kappa shape index (κ3) is 3.02. The highest BCUT2D eigenvalue weighted by atomic mass is 35.5. The Morgan fingerprint density at radius 3 is 2.57 bits per heavy atom. The predicted octanol–water partition coefficient (Wildman–Crippen LogP) is 2.57. The molecule has 0 N–H and O–H groups in total. The lowest BCUT2D eigenvalue weighted by Gasteiger charge is -2.33. The van der Waals surface area contributed by atoms with Crippen LogP contribution < -0.4 is 0 Å². The number of nitrogens with zero attached hydrogens (tertiary/aromatic N) is 1. The van der Waals surface area contributed by atoms with Crippen LogP contribution in [0.25, 0.3) is 0 Å². The fourth-order valence-corrected chi connectivity index (χ4v) is 2.22. The number of amides is 1. The molecule has 0 unspecified atom stereocenters. The molecule has 3 heteroatoms. The lowest BCUT2D eigenvalue weighted by atomic mass is 9.94. The van der Waals surface area contributed by atoms with E-state index in [1.54, 1.807) is 6.08 Å². The average molecular weight is 216 g/mol. The highest BCUT2D eigenvalue weighted by molar-refractivity contribution is 6.27. The molecule has 0 bridgehead atoms. The molecule has 1 fully saturated rings. The van der Waals surface area contributed by atoms with Gasteiger partial charge < -0.3 is 4.90 Å². The van der Waals surface area contributed by atoms with E-state index in [0.29, 0.717) is 12.6 Å². The molecule has 0 spiro atoms. The molecule has 2 nitrogen and oxygen atoms in total. The molecule has 0 aliphatic heterocycles. The Morgan fingerprint density at radius 2 is 2.07 bits per heavy atom. The third-order valence-corrected chi connectivity index (χ3v) is 3.00. The Morgan fingerprint density at radius 1 is 1.43 bits per heavy atom. The van der Waals surface area contributed by atoms with Crippen LogP contribution in [0.5, 0.6) is 0 Å². The molecule has 1 rings (SSSR count). The first-order valence-corrected chi connectivity index (χ1v) is 5.79. The van der Waals surface area contributed by atoms with Crippen LogP contribution in [0, 0.1) is 0 Å². The Hall–Kier alpha value is -0.500. The average Bonchev–Trinajstić information content (AvgIpc) is 2.26. The quantitative estimate of drug-likeness (QED) is 0.522. The summed E-state index contributed by atoms with van der Waals surface area (Å²) in [4.78, 5) is 13.4. The molecule has 1 aliphatic carbocycles. The van der Waals surface area contributed by atoms with Crippen LogP contribution in [0.4, 0.5) is 0 Å². The number of carbonyl (C=O) groups excluding carboxylic acids is 1. The summed E-state index contributed by atoms with van der Waals surface area (Å²) in [6.45, 7) is 4.31. The minimum Gasteiger partial charge on any atom is -0.335 e. The molecule has 0 aromatic carbocycles. The topological polar surface area (TPSA) is 20.3 Å². The van der Waals surface area contributed by atoms with Gasteiger partial charge in [-0.15, -0.1) is 18.2 Å². The zero-order chi connectivity index (χ0) is 10.4. The van der Waals surface area contributed by atoms with Gasteiger partial charge in [-0.3, -0.25) is 4.79 Å². The predicted molar refractivity (Wildman–Crippen MR) is 59.5 cm³/mol. The summed E-state index contributed by atoms with van der Waals surface area (Å²) in [6.07, 6.45) is 7.78. The summed E-state index contributed by atoms with van der Waals surface area (Å²) >= 11 is 5.58. The Bertz CT molecular complexity index is 199. The summed E-state index contributed by atoms with van der Waals surface area (Å²) in [5, 5.41) is 0. The molecular weight excluding hydrogens is 198 g/mol. The minimum atomic E-state index is 0.0402. The van der Waals surface area contributed by atoms with Crippen LogP contribution in [0.3, 0.4) is 0 Å². The zero-order valence-corrected chi connectivity index (χ0v) is 9.30. The summed E-state index contributed by atoms with van der Waals surface area (Å²) in [5.74, 6) is 0.128. The first-order valence-electron chi connectivity index (χ1n) is 5.26. The van der Waals surface area contributed by atoms with Crippen LogP contribution in [-0.2, 0) is 4.79 Å². The maximum absolute atomic E-state index is 11.5. The van der Waals surface area contributed by atoms with E-state index in [1.807, 2.05) is 4.90 Å². The third-order valence-electron chi connectivity index (χ3n) is 2.78. The van der Waals surface area contributed by atoms with Gasteiger partial charge in [0.25, 0.3) is 0 Å². The van der Waals surface area contributed by atoms with Gasteiger partial charge in [-0.2, -0.15) is 0 Å². The number of rotatable bonds is 4. The molecule has 80 valence electrons. The van der Waals surface area contributed by atoms with Crippen molar-refractivity contribution in [2.24, 2.45) is 0 Å². The molecule has 0 aromatic heterocycles. The Labute approximate surface area is 90.9 Å². The van der Waals surface area contributed by atoms with Gasteiger partial charge in [-0.05, 0) is 12.8 Å². The van der Waals surface area contributed by atoms with Crippen molar-refractivity contribution in [1.82, 2.24) is 4.90 Å². The van der Waals surface area contributed by atoms with Crippen molar-refractivity contribution in [3.63, 3.8) is 0 Å². The minimum absolute atomic E-state index is 0.0402. The zero-order valence-electron chi connectivity index (χ0n) is 8.54. The molecule has 1 amide bonds. The van der Waals surface area contributed by atoms with Crippen molar-refractivity contribution in [2.45, 2.75) is 38.1 Å². The maximum atomic E-state index is 11.5. The Balaban J connectivity index is 2.55. The van der Waals surface area contributed by atoms with Gasteiger partial charge >= 0.3 is 0 Å². The standard InChI is InChI=1S/C11H18ClNO/c1-2-8-13(11(14)9-12)10-6-4-3-5-7-10/h2,10H,1,3-9H2. The second-order valence-electron chi connectivity index (χ2n) is 3.76. The first-order chi connectivity index (χ1) is 6.79. The molecule has 0 atom stereocenters. The van der Waals surface area contributed by atoms with Gasteiger partial charge in [-0.25, -0.2) is 0 Å². The summed E-state index contributed by atoms with van der Waals surface area (Å²) < 4.78 is 0. The van der Waals surface area contributed by atoms with Gasteiger partial charge in [0.15, 0.2) is 0 Å². The highest BCUT2D eigenvalue weighted by Gasteiger charge is 2.23. The lowest BCUT2D eigenvalue weighted by molar-refractivity contribution is -0.130. The molecule has 0 saturated heterocycles. The molecule has 0 aromatic rings. The van der Waals surface area contributed by atoms with Crippen molar-refractivity contribution >= 4 is 17.5 Å². The van der Waals surface area contributed by atoms with Crippen molar-refractivity contribution in [1.29, 1.82) is 0 Å². The fraction of sp³-hybridized carbons (Fsp3) is 0.727. The van der Waals surface area contributed by atoms with E-state index in [1.165, 1.54) is 19.3 Å². The molecular formula is C11H18ClNO. The van der Waals surface area contributed by atoms with Crippen molar-refractivity contribution in [2.75, 3.05) is 12.4 Å². The van der Waals surface area contributed by atoms with Gasteiger partial charge in [0.05, 0.1) is 0 Å². The molecule has 0 radical (unpaired) electrons. The van der Waals surface area contributed by atoms with E-state index >= 15 is 0 Å². The molecule has 14 heavy (non-hydrogen) atoms. The van der Waals surface area contributed by atoms with Gasteiger partial charge in [0.2, 0.25) is 5.91 Å². The van der Waals surface area contributed by atoms with Gasteiger partial charge in [0.1, 0.15) is 5.88 Å². The van der Waals surface area contributed by atoms with E-state index in [0.717, 1.165) is 12.8 Å². The lowest BCUT2D eigenvalue weighted by Crippen LogP contribution is -2.42. The second-order valence-corrected chi connectivity index (χ2v) is 4.03. The fourth-order valence-electron chi connectivity index (χ4n) is 2.06. The highest BCUT2D eigenvalue weighted by Crippen LogP contribution is 2.22. The smallest absolute Gasteiger partial charge is 0.238 e. The molecule has 0 heterocycles. The largest absolute Gasteiger partial charge is 0.335 e. The SMILES string of the molecule is C=CCN(C(=O)CCl)C1CCCCC1. The van der Waals surface area contributed by atoms with E-state index in [-0.39, 0.29) is 11.8 Å². The Kier molecular flexibility index (Phi) is 5.02. The summed E-state index contributed by atoms with van der Waals surface area (Å²) in [7, 11) is 0. The number of alkyl halides is 1. The van der Waals surface area contributed by atoms with Crippen LogP contribution in [-0.4, -0.2) is 29.3 Å². The van der Waals surface area contributed by atoms with Crippen molar-refractivity contribution in [3.8, 4) is 0 Å². The summed E-state index contributed by atoms with van der Waals surface area (Å²) in [6, 6.07) is 0.396. The van der Waals surface area contributed by atoms with E-state index in [9.17, 15) is 4.79 Å². The normalized spacial score (nSPS) is 17.8. The van der Waals surface area contributed by atoms with Crippen LogP contribution >= 0.6 is 11.6 Å². The monoisotopic (exact) mass is 215 g/mol. The van der Waals surface area contributed by atoms with Crippen molar-refractivity contribution in [3.05, 3.63) is 12.7 Å². The number of hydrogen-bond acceptors (Lipinski definition) is 1. The van der Waals surface area contributed by atoms with Crippen LogP contribution in [0.1, 0.15) is 32.1 Å². The van der Waals surface area contributed by atoms with Crippen LogP contribution in [0.15, 0.2) is 12.7 Å². The maximum Gasteiger partial charge on any atom is 0.238 e.